The summed E-state index contributed by atoms with van der Waals surface area (Å²) in [7, 11) is 0. The lowest BCUT2D eigenvalue weighted by Gasteiger charge is -2.44. The lowest BCUT2D eigenvalue weighted by atomic mass is 9.95. The number of nitrogens with one attached hydrogen (secondary N) is 1. The third kappa shape index (κ3) is 4.68. The lowest BCUT2D eigenvalue weighted by molar-refractivity contribution is -0.173. The van der Waals surface area contributed by atoms with Crippen molar-refractivity contribution in [3.63, 3.8) is 0 Å². The Morgan fingerprint density at radius 3 is 2.82 bits per heavy atom. The number of carbonyl (C=O) groups is 4. The van der Waals surface area contributed by atoms with Gasteiger partial charge in [0, 0.05) is 4.75 Å². The highest BCUT2D eigenvalue weighted by Crippen LogP contribution is 2.51. The maximum atomic E-state index is 12.8. The Balaban J connectivity index is 0.00000306. The van der Waals surface area contributed by atoms with E-state index in [0.29, 0.717) is 11.5 Å². The van der Waals surface area contributed by atoms with E-state index in [0.717, 1.165) is 5.56 Å². The number of halogens is 1. The highest BCUT2D eigenvalue weighted by molar-refractivity contribution is 8.01. The number of ether oxygens (including phenoxy) is 4. The second kappa shape index (κ2) is 9.65. The fourth-order valence-electron chi connectivity index (χ4n) is 4.00. The van der Waals surface area contributed by atoms with Gasteiger partial charge in [0.25, 0.3) is 6.47 Å². The Morgan fingerprint density at radius 2 is 2.09 bits per heavy atom. The molecule has 3 N–H and O–H groups in total. The quantitative estimate of drug-likeness (QED) is 0.163. The van der Waals surface area contributed by atoms with Crippen molar-refractivity contribution in [3.8, 4) is 11.5 Å². The Hall–Kier alpha value is -2.70. The molecule has 3 aliphatic rings. The van der Waals surface area contributed by atoms with E-state index in [-0.39, 0.29) is 32.1 Å². The summed E-state index contributed by atoms with van der Waals surface area (Å²) < 4.78 is 19.3. The van der Waals surface area contributed by atoms with Gasteiger partial charge in [-0.1, -0.05) is 6.07 Å². The van der Waals surface area contributed by atoms with Crippen LogP contribution in [0.5, 0.6) is 11.5 Å². The average molecular weight is 502 g/mol. The summed E-state index contributed by atoms with van der Waals surface area (Å²) in [5, 5.41) is 2.28. The monoisotopic (exact) mass is 501 g/mol. The zero-order chi connectivity index (χ0) is 23.0. The van der Waals surface area contributed by atoms with Crippen LogP contribution in [-0.2, 0) is 35.1 Å². The van der Waals surface area contributed by atoms with Crippen LogP contribution in [0.3, 0.4) is 0 Å². The van der Waals surface area contributed by atoms with Gasteiger partial charge in [0.2, 0.25) is 25.4 Å². The van der Waals surface area contributed by atoms with Gasteiger partial charge >= 0.3 is 5.97 Å². The van der Waals surface area contributed by atoms with Gasteiger partial charge in [-0.25, -0.2) is 4.79 Å². The number of esters is 1. The summed E-state index contributed by atoms with van der Waals surface area (Å²) in [5.74, 6) is -0.302. The van der Waals surface area contributed by atoms with E-state index < -0.39 is 52.8 Å². The first kappa shape index (κ1) is 24.9. The molecule has 3 heterocycles. The minimum absolute atomic E-state index is 0. The molecule has 2 fully saturated rings. The molecule has 13 heteroatoms. The zero-order valence-corrected chi connectivity index (χ0v) is 19.5. The minimum atomic E-state index is -0.877. The standard InChI is InChI=1S/C20H23N3O8S.ClH/c1-20(2)15(19(27)31-8-28-7-24)23-17(26)14(18(23)32-20)22-16(25)11(21)5-10-3-4-12-13(6-10)30-9-29-12;/h3-4,6-7,11,14-15,18H,5,8-9,21H2,1-2H3,(H,22,25);1H/t11?,14-,15+,18-;/m1./s1. The van der Waals surface area contributed by atoms with Crippen molar-refractivity contribution in [1.82, 2.24) is 10.2 Å². The maximum absolute atomic E-state index is 12.8. The molecule has 2 amide bonds. The molecule has 33 heavy (non-hydrogen) atoms. The molecule has 4 atom stereocenters. The first-order valence-corrected chi connectivity index (χ1v) is 10.8. The van der Waals surface area contributed by atoms with E-state index in [9.17, 15) is 19.2 Å². The molecule has 11 nitrogen and oxygen atoms in total. The van der Waals surface area contributed by atoms with E-state index in [1.165, 1.54) is 16.7 Å². The van der Waals surface area contributed by atoms with Crippen LogP contribution >= 0.6 is 24.2 Å². The number of amides is 2. The van der Waals surface area contributed by atoms with Gasteiger partial charge in [-0.3, -0.25) is 14.4 Å². The van der Waals surface area contributed by atoms with Crippen LogP contribution < -0.4 is 20.5 Å². The zero-order valence-electron chi connectivity index (χ0n) is 17.8. The van der Waals surface area contributed by atoms with Crippen molar-refractivity contribution in [1.29, 1.82) is 0 Å². The fourth-order valence-corrected chi connectivity index (χ4v) is 5.62. The molecule has 0 aromatic heterocycles. The van der Waals surface area contributed by atoms with Crippen molar-refractivity contribution < 1.29 is 38.1 Å². The number of fused-ring (bicyclic) bond motifs is 2. The van der Waals surface area contributed by atoms with Gasteiger partial charge in [-0.05, 0) is 38.0 Å². The third-order valence-electron chi connectivity index (χ3n) is 5.53. The number of hydrogen-bond acceptors (Lipinski definition) is 10. The molecule has 1 aromatic carbocycles. The number of carbonyl (C=O) groups excluding carboxylic acids is 4. The molecule has 1 aromatic rings. The normalized spacial score (nSPS) is 24.6. The molecule has 1 unspecified atom stereocenters. The van der Waals surface area contributed by atoms with Crippen LogP contribution in [-0.4, -0.2) is 71.0 Å². The van der Waals surface area contributed by atoms with Crippen molar-refractivity contribution >= 4 is 48.4 Å². The van der Waals surface area contributed by atoms with Gasteiger partial charge in [0.05, 0.1) is 6.04 Å². The summed E-state index contributed by atoms with van der Waals surface area (Å²) in [6, 6.07) is 2.79. The SMILES string of the molecule is CC1(C)S[C@@H]2[C@H](NC(=O)C(N)Cc3ccc4c(c3)OCO4)C(=O)N2[C@H]1C(=O)OCOC=O.Cl. The van der Waals surface area contributed by atoms with Crippen molar-refractivity contribution in [2.45, 2.75) is 48.5 Å². The Bertz CT molecular complexity index is 961. The van der Waals surface area contributed by atoms with Crippen molar-refractivity contribution in [2.24, 2.45) is 5.73 Å². The van der Waals surface area contributed by atoms with Crippen molar-refractivity contribution in [3.05, 3.63) is 23.8 Å². The molecule has 0 saturated carbocycles. The van der Waals surface area contributed by atoms with Gasteiger partial charge in [-0.2, -0.15) is 0 Å². The number of hydrogen-bond donors (Lipinski definition) is 2. The van der Waals surface area contributed by atoms with Gasteiger partial charge in [-0.15, -0.1) is 24.2 Å². The predicted octanol–water partition coefficient (Wildman–Crippen LogP) is -0.0723. The van der Waals surface area contributed by atoms with Gasteiger partial charge < -0.3 is 34.9 Å². The van der Waals surface area contributed by atoms with Crippen molar-refractivity contribution in [2.75, 3.05) is 13.6 Å². The number of rotatable bonds is 8. The molecular weight excluding hydrogens is 478 g/mol. The Kier molecular flexibility index (Phi) is 7.29. The van der Waals surface area contributed by atoms with E-state index in [4.69, 9.17) is 19.9 Å². The minimum Gasteiger partial charge on any atom is -0.454 e. The van der Waals surface area contributed by atoms with E-state index in [1.54, 1.807) is 32.0 Å². The number of nitrogens with zero attached hydrogens (tertiary/aromatic N) is 1. The molecule has 0 radical (unpaired) electrons. The summed E-state index contributed by atoms with van der Waals surface area (Å²) in [4.78, 5) is 49.5. The number of nitrogens with two attached hydrogens (primary N) is 1. The van der Waals surface area contributed by atoms with Crippen LogP contribution in [0.1, 0.15) is 19.4 Å². The highest BCUT2D eigenvalue weighted by Gasteiger charge is 2.64. The summed E-state index contributed by atoms with van der Waals surface area (Å²) >= 11 is 1.38. The van der Waals surface area contributed by atoms with Crippen LogP contribution in [0.4, 0.5) is 0 Å². The summed E-state index contributed by atoms with van der Waals surface area (Å²) in [6.07, 6.45) is 0.252. The molecule has 2 saturated heterocycles. The second-order valence-electron chi connectivity index (χ2n) is 8.09. The second-order valence-corrected chi connectivity index (χ2v) is 9.86. The number of thioether (sulfide) groups is 1. The predicted molar refractivity (Wildman–Crippen MR) is 118 cm³/mol. The molecule has 0 spiro atoms. The number of β-lactam (4-membered cyclic amide) rings is 1. The summed E-state index contributed by atoms with van der Waals surface area (Å²) in [6.45, 7) is 3.40. The topological polar surface area (TPSA) is 146 Å². The molecule has 180 valence electrons. The fraction of sp³-hybridized carbons (Fsp3) is 0.500. The molecular formula is C20H24ClN3O8S. The van der Waals surface area contributed by atoms with Crippen LogP contribution in [0.2, 0.25) is 0 Å². The van der Waals surface area contributed by atoms with E-state index >= 15 is 0 Å². The smallest absolute Gasteiger partial charge is 0.333 e. The molecule has 3 aliphatic heterocycles. The van der Waals surface area contributed by atoms with Gasteiger partial charge in [0.1, 0.15) is 17.5 Å². The average Bonchev–Trinajstić information content (AvgIpc) is 3.31. The van der Waals surface area contributed by atoms with Crippen LogP contribution in [0, 0.1) is 0 Å². The lowest BCUT2D eigenvalue weighted by Crippen LogP contribution is -2.71. The first-order valence-electron chi connectivity index (χ1n) is 9.89. The third-order valence-corrected chi connectivity index (χ3v) is 7.10. The maximum Gasteiger partial charge on any atom is 0.333 e. The Labute approximate surface area is 200 Å². The Morgan fingerprint density at radius 1 is 1.36 bits per heavy atom. The molecule has 4 rings (SSSR count). The molecule has 0 bridgehead atoms. The first-order chi connectivity index (χ1) is 15.2. The number of benzene rings is 1. The van der Waals surface area contributed by atoms with E-state index in [2.05, 4.69) is 10.1 Å². The summed E-state index contributed by atoms with van der Waals surface area (Å²) in [5.41, 5.74) is 6.87. The van der Waals surface area contributed by atoms with Gasteiger partial charge in [0.15, 0.2) is 11.5 Å². The highest BCUT2D eigenvalue weighted by atomic mass is 35.5. The largest absolute Gasteiger partial charge is 0.454 e. The van der Waals surface area contributed by atoms with E-state index in [1.807, 2.05) is 0 Å². The van der Waals surface area contributed by atoms with Crippen LogP contribution in [0.25, 0.3) is 0 Å². The molecule has 0 aliphatic carbocycles. The van der Waals surface area contributed by atoms with Crippen LogP contribution in [0.15, 0.2) is 18.2 Å².